The second kappa shape index (κ2) is 10.0. The summed E-state index contributed by atoms with van der Waals surface area (Å²) in [5.74, 6) is 0. The molecule has 0 fully saturated rings. The first-order chi connectivity index (χ1) is 7.10. The fourth-order valence-electron chi connectivity index (χ4n) is 1.07. The van der Waals surface area contributed by atoms with Crippen LogP contribution in [0, 0.1) is 0 Å². The third-order valence-electron chi connectivity index (χ3n) is 1.69. The van der Waals surface area contributed by atoms with Crippen LogP contribution in [0.1, 0.15) is 27.2 Å². The summed E-state index contributed by atoms with van der Waals surface area (Å²) in [7, 11) is 0. The van der Waals surface area contributed by atoms with E-state index >= 15 is 0 Å². The van der Waals surface area contributed by atoms with E-state index in [-0.39, 0.29) is 6.29 Å². The van der Waals surface area contributed by atoms with E-state index in [0.717, 1.165) is 6.42 Å². The van der Waals surface area contributed by atoms with Crippen LogP contribution in [0.5, 0.6) is 0 Å². The fraction of sp³-hybridized carbons (Fsp3) is 0.636. The molecule has 0 heterocycles. The summed E-state index contributed by atoms with van der Waals surface area (Å²) < 4.78 is 12.2. The lowest BCUT2D eigenvalue weighted by atomic mass is 10.2. The lowest BCUT2D eigenvalue weighted by Crippen LogP contribution is -2.17. The largest absolute Gasteiger partial charge is 0.353 e. The SMILES string of the molecule is CCOC(C/C(C)=C/C=C(I)I)OCC. The van der Waals surface area contributed by atoms with Crippen molar-refractivity contribution in [1.29, 1.82) is 0 Å². The molecule has 0 radical (unpaired) electrons. The van der Waals surface area contributed by atoms with E-state index in [1.54, 1.807) is 0 Å². The van der Waals surface area contributed by atoms with Crippen molar-refractivity contribution >= 4 is 45.2 Å². The Morgan fingerprint density at radius 1 is 1.13 bits per heavy atom. The summed E-state index contributed by atoms with van der Waals surface area (Å²) in [5.41, 5.74) is 1.27. The minimum absolute atomic E-state index is 0.100. The summed E-state index contributed by atoms with van der Waals surface area (Å²) >= 11 is 4.57. The van der Waals surface area contributed by atoms with Gasteiger partial charge in [0.05, 0.1) is 1.59 Å². The van der Waals surface area contributed by atoms with Crippen LogP contribution < -0.4 is 0 Å². The van der Waals surface area contributed by atoms with Gasteiger partial charge < -0.3 is 9.47 Å². The van der Waals surface area contributed by atoms with E-state index in [1.807, 2.05) is 13.8 Å². The Hall–Kier alpha value is 0.860. The average Bonchev–Trinajstić information content (AvgIpc) is 2.15. The van der Waals surface area contributed by atoms with Crippen molar-refractivity contribution in [2.75, 3.05) is 13.2 Å². The Kier molecular flexibility index (Phi) is 10.6. The zero-order valence-electron chi connectivity index (χ0n) is 9.43. The van der Waals surface area contributed by atoms with Crippen LogP contribution in [0.4, 0.5) is 0 Å². The summed E-state index contributed by atoms with van der Waals surface area (Å²) in [6.45, 7) is 7.45. The Balaban J connectivity index is 4.14. The van der Waals surface area contributed by atoms with Crippen LogP contribution in [0.2, 0.25) is 0 Å². The van der Waals surface area contributed by atoms with Gasteiger partial charge in [-0.2, -0.15) is 0 Å². The molecule has 0 saturated carbocycles. The topological polar surface area (TPSA) is 18.5 Å². The van der Waals surface area contributed by atoms with Crippen molar-refractivity contribution in [3.8, 4) is 0 Å². The van der Waals surface area contributed by atoms with Crippen LogP contribution in [0.3, 0.4) is 0 Å². The second-order valence-corrected chi connectivity index (χ2v) is 7.40. The quantitative estimate of drug-likeness (QED) is 0.334. The van der Waals surface area contributed by atoms with Gasteiger partial charge in [-0.05, 0) is 72.0 Å². The van der Waals surface area contributed by atoms with Gasteiger partial charge in [-0.1, -0.05) is 11.6 Å². The van der Waals surface area contributed by atoms with Crippen molar-refractivity contribution in [3.05, 3.63) is 19.3 Å². The first-order valence-corrected chi connectivity index (χ1v) is 7.17. The van der Waals surface area contributed by atoms with Gasteiger partial charge in [0.25, 0.3) is 0 Å². The highest BCUT2D eigenvalue weighted by molar-refractivity contribution is 14.2. The molecule has 0 bridgehead atoms. The fourth-order valence-corrected chi connectivity index (χ4v) is 1.43. The van der Waals surface area contributed by atoms with Gasteiger partial charge in [0.1, 0.15) is 0 Å². The van der Waals surface area contributed by atoms with Crippen LogP contribution in [-0.2, 0) is 9.47 Å². The molecule has 0 amide bonds. The van der Waals surface area contributed by atoms with E-state index in [1.165, 1.54) is 7.16 Å². The minimum atomic E-state index is -0.100. The van der Waals surface area contributed by atoms with E-state index < -0.39 is 0 Å². The molecule has 0 aliphatic heterocycles. The summed E-state index contributed by atoms with van der Waals surface area (Å²) in [6, 6.07) is 0. The maximum atomic E-state index is 5.47. The molecule has 15 heavy (non-hydrogen) atoms. The number of allylic oxidation sites excluding steroid dienone is 2. The van der Waals surface area contributed by atoms with Gasteiger partial charge in [0.15, 0.2) is 6.29 Å². The molecule has 0 rings (SSSR count). The summed E-state index contributed by atoms with van der Waals surface area (Å²) in [5, 5.41) is 0. The Morgan fingerprint density at radius 3 is 2.07 bits per heavy atom. The van der Waals surface area contributed by atoms with Crippen LogP contribution in [0.15, 0.2) is 19.3 Å². The van der Waals surface area contributed by atoms with Crippen molar-refractivity contribution in [2.24, 2.45) is 0 Å². The zero-order chi connectivity index (χ0) is 11.7. The standard InChI is InChI=1S/C11H18I2O2/c1-4-14-11(15-5-2)8-9(3)6-7-10(12)13/h6-7,11H,4-5,8H2,1-3H3/b9-6+. The molecule has 0 N–H and O–H groups in total. The normalized spacial score (nSPS) is 12.0. The monoisotopic (exact) mass is 436 g/mol. The lowest BCUT2D eigenvalue weighted by Gasteiger charge is -2.16. The van der Waals surface area contributed by atoms with Gasteiger partial charge in [-0.3, -0.25) is 0 Å². The molecule has 88 valence electrons. The Morgan fingerprint density at radius 2 is 1.67 bits per heavy atom. The predicted octanol–water partition coefficient (Wildman–Crippen LogP) is 4.43. The smallest absolute Gasteiger partial charge is 0.161 e. The van der Waals surface area contributed by atoms with E-state index in [2.05, 4.69) is 64.3 Å². The molecule has 0 aromatic heterocycles. The van der Waals surface area contributed by atoms with Crippen LogP contribution in [0.25, 0.3) is 0 Å². The number of ether oxygens (including phenoxy) is 2. The first kappa shape index (κ1) is 15.9. The van der Waals surface area contributed by atoms with E-state index in [0.29, 0.717) is 13.2 Å². The van der Waals surface area contributed by atoms with Gasteiger partial charge in [0, 0.05) is 19.6 Å². The number of hydrogen-bond acceptors (Lipinski definition) is 2. The van der Waals surface area contributed by atoms with Crippen LogP contribution in [-0.4, -0.2) is 19.5 Å². The molecule has 0 aromatic carbocycles. The highest BCUT2D eigenvalue weighted by atomic mass is 127. The van der Waals surface area contributed by atoms with Gasteiger partial charge in [-0.15, -0.1) is 0 Å². The lowest BCUT2D eigenvalue weighted by molar-refractivity contribution is -0.134. The highest BCUT2D eigenvalue weighted by Gasteiger charge is 2.07. The molecule has 0 saturated heterocycles. The number of hydrogen-bond donors (Lipinski definition) is 0. The second-order valence-electron chi connectivity index (χ2n) is 3.01. The average molecular weight is 436 g/mol. The predicted molar refractivity (Wildman–Crippen MR) is 81.5 cm³/mol. The molecule has 0 aromatic rings. The minimum Gasteiger partial charge on any atom is -0.353 e. The van der Waals surface area contributed by atoms with E-state index in [9.17, 15) is 0 Å². The molecule has 0 aliphatic rings. The van der Waals surface area contributed by atoms with Gasteiger partial charge >= 0.3 is 0 Å². The third-order valence-corrected chi connectivity index (χ3v) is 2.41. The molecule has 0 unspecified atom stereocenters. The molecule has 4 heteroatoms. The van der Waals surface area contributed by atoms with Crippen molar-refractivity contribution < 1.29 is 9.47 Å². The summed E-state index contributed by atoms with van der Waals surface area (Å²) in [4.78, 5) is 0. The van der Waals surface area contributed by atoms with Crippen molar-refractivity contribution in [1.82, 2.24) is 0 Å². The molecule has 0 spiro atoms. The summed E-state index contributed by atoms with van der Waals surface area (Å²) in [6.07, 6.45) is 4.93. The molecule has 2 nitrogen and oxygen atoms in total. The van der Waals surface area contributed by atoms with Gasteiger partial charge in [-0.25, -0.2) is 0 Å². The number of halogens is 2. The van der Waals surface area contributed by atoms with Crippen molar-refractivity contribution in [2.45, 2.75) is 33.5 Å². The Labute approximate surface area is 120 Å². The first-order valence-electron chi connectivity index (χ1n) is 5.01. The molecular formula is C11H18I2O2. The van der Waals surface area contributed by atoms with E-state index in [4.69, 9.17) is 9.47 Å². The van der Waals surface area contributed by atoms with Crippen molar-refractivity contribution in [3.63, 3.8) is 0 Å². The van der Waals surface area contributed by atoms with Gasteiger partial charge in [0.2, 0.25) is 0 Å². The maximum Gasteiger partial charge on any atom is 0.161 e. The van der Waals surface area contributed by atoms with Crippen LogP contribution >= 0.6 is 45.2 Å². The third kappa shape index (κ3) is 9.77. The molecule has 0 atom stereocenters. The molecular weight excluding hydrogens is 418 g/mol. The molecule has 0 aliphatic carbocycles. The highest BCUT2D eigenvalue weighted by Crippen LogP contribution is 2.16. The number of rotatable bonds is 7. The Bertz CT molecular complexity index is 215. The zero-order valence-corrected chi connectivity index (χ0v) is 13.7. The maximum absolute atomic E-state index is 5.47.